The van der Waals surface area contributed by atoms with Gasteiger partial charge in [-0.1, -0.05) is 43.6 Å². The van der Waals surface area contributed by atoms with E-state index < -0.39 is 0 Å². The number of rotatable bonds is 2. The molecule has 0 fully saturated rings. The maximum atomic E-state index is 6.11. The monoisotopic (exact) mass is 269 g/mol. The lowest BCUT2D eigenvalue weighted by molar-refractivity contribution is 0.833. The van der Waals surface area contributed by atoms with Crippen LogP contribution in [0.3, 0.4) is 0 Å². The molecule has 0 spiro atoms. The van der Waals surface area contributed by atoms with E-state index >= 15 is 0 Å². The molecule has 84 valence electrons. The second kappa shape index (κ2) is 4.56. The highest BCUT2D eigenvalue weighted by Gasteiger charge is 2.15. The maximum absolute atomic E-state index is 6.11. The number of nitrogens with two attached hydrogens (primary N) is 1. The van der Waals surface area contributed by atoms with Gasteiger partial charge in [0.05, 0.1) is 0 Å². The lowest BCUT2D eigenvalue weighted by atomic mass is 9.91. The Kier molecular flexibility index (Phi) is 3.82. The molecule has 0 amide bonds. The average molecular weight is 270 g/mol. The van der Waals surface area contributed by atoms with Gasteiger partial charge in [0.2, 0.25) is 0 Å². The molecule has 2 heteroatoms. The largest absolute Gasteiger partial charge is 0.398 e. The van der Waals surface area contributed by atoms with Crippen LogP contribution in [0.1, 0.15) is 56.2 Å². The molecule has 0 saturated heterocycles. The molecule has 1 rings (SSSR count). The Morgan fingerprint density at radius 3 is 2.07 bits per heavy atom. The van der Waals surface area contributed by atoms with Gasteiger partial charge in [-0.05, 0) is 41.5 Å². The van der Waals surface area contributed by atoms with E-state index in [1.54, 1.807) is 0 Å². The highest BCUT2D eigenvalue weighted by atomic mass is 79.9. The second-order valence-corrected chi connectivity index (χ2v) is 5.51. The van der Waals surface area contributed by atoms with Crippen LogP contribution in [-0.2, 0) is 0 Å². The Bertz CT molecular complexity index is 367. The molecule has 0 saturated carbocycles. The molecule has 0 aliphatic rings. The number of halogens is 1. The van der Waals surface area contributed by atoms with E-state index in [1.807, 2.05) is 0 Å². The van der Waals surface area contributed by atoms with E-state index in [1.165, 1.54) is 21.2 Å². The van der Waals surface area contributed by atoms with Crippen LogP contribution in [0.15, 0.2) is 10.5 Å². The van der Waals surface area contributed by atoms with Gasteiger partial charge in [0.25, 0.3) is 0 Å². The molecule has 0 radical (unpaired) electrons. The van der Waals surface area contributed by atoms with Crippen molar-refractivity contribution in [2.45, 2.75) is 46.5 Å². The van der Waals surface area contributed by atoms with Crippen molar-refractivity contribution in [1.29, 1.82) is 0 Å². The van der Waals surface area contributed by atoms with E-state index in [0.717, 1.165) is 5.69 Å². The zero-order valence-corrected chi connectivity index (χ0v) is 11.8. The van der Waals surface area contributed by atoms with Crippen molar-refractivity contribution >= 4 is 21.6 Å². The second-order valence-electron chi connectivity index (χ2n) is 4.72. The zero-order chi connectivity index (χ0) is 11.7. The van der Waals surface area contributed by atoms with Gasteiger partial charge in [-0.25, -0.2) is 0 Å². The van der Waals surface area contributed by atoms with Crippen molar-refractivity contribution in [3.05, 3.63) is 27.2 Å². The predicted octanol–water partition coefficient (Wildman–Crippen LogP) is 4.59. The van der Waals surface area contributed by atoms with Gasteiger partial charge < -0.3 is 5.73 Å². The molecule has 0 aromatic heterocycles. The normalized spacial score (nSPS) is 11.5. The predicted molar refractivity (Wildman–Crippen MR) is 71.5 cm³/mol. The quantitative estimate of drug-likeness (QED) is 0.782. The van der Waals surface area contributed by atoms with Crippen molar-refractivity contribution in [3.8, 4) is 0 Å². The van der Waals surface area contributed by atoms with Crippen LogP contribution in [0.25, 0.3) is 0 Å². The van der Waals surface area contributed by atoms with Gasteiger partial charge >= 0.3 is 0 Å². The molecule has 0 aliphatic heterocycles. The Labute approximate surface area is 101 Å². The Morgan fingerprint density at radius 2 is 1.67 bits per heavy atom. The van der Waals surface area contributed by atoms with Gasteiger partial charge in [0.15, 0.2) is 0 Å². The van der Waals surface area contributed by atoms with Crippen molar-refractivity contribution in [2.75, 3.05) is 5.73 Å². The van der Waals surface area contributed by atoms with Crippen LogP contribution in [0.4, 0.5) is 5.69 Å². The number of benzene rings is 1. The molecule has 1 aromatic carbocycles. The van der Waals surface area contributed by atoms with Crippen LogP contribution in [-0.4, -0.2) is 0 Å². The minimum absolute atomic E-state index is 0.475. The lowest BCUT2D eigenvalue weighted by Gasteiger charge is -2.19. The number of nitrogen functional groups attached to an aromatic ring is 1. The third-order valence-corrected chi connectivity index (χ3v) is 3.86. The van der Waals surface area contributed by atoms with Gasteiger partial charge in [-0.15, -0.1) is 0 Å². The summed E-state index contributed by atoms with van der Waals surface area (Å²) in [6.45, 7) is 10.9. The first-order valence-electron chi connectivity index (χ1n) is 5.44. The number of hydrogen-bond donors (Lipinski definition) is 1. The minimum Gasteiger partial charge on any atom is -0.398 e. The zero-order valence-electron chi connectivity index (χ0n) is 10.2. The van der Waals surface area contributed by atoms with Crippen LogP contribution >= 0.6 is 15.9 Å². The van der Waals surface area contributed by atoms with E-state index in [0.29, 0.717) is 11.8 Å². The van der Waals surface area contributed by atoms with Crippen LogP contribution in [0.5, 0.6) is 0 Å². The van der Waals surface area contributed by atoms with Crippen LogP contribution in [0, 0.1) is 6.92 Å². The SMILES string of the molecule is Cc1c(Br)c(C(C)C)cc(N)c1C(C)C. The molecular formula is C13H20BrN. The smallest absolute Gasteiger partial charge is 0.0355 e. The first-order chi connectivity index (χ1) is 6.86. The summed E-state index contributed by atoms with van der Waals surface area (Å²) in [6, 6.07) is 2.11. The van der Waals surface area contributed by atoms with Crippen molar-refractivity contribution in [3.63, 3.8) is 0 Å². The number of anilines is 1. The first-order valence-corrected chi connectivity index (χ1v) is 6.23. The summed E-state index contributed by atoms with van der Waals surface area (Å²) < 4.78 is 1.22. The van der Waals surface area contributed by atoms with E-state index in [-0.39, 0.29) is 0 Å². The third-order valence-electron chi connectivity index (χ3n) is 2.81. The van der Waals surface area contributed by atoms with Crippen LogP contribution in [0.2, 0.25) is 0 Å². The standard InChI is InChI=1S/C13H20BrN/c1-7(2)10-6-11(15)12(8(3)4)9(5)13(10)14/h6-8H,15H2,1-5H3. The lowest BCUT2D eigenvalue weighted by Crippen LogP contribution is -2.04. The summed E-state index contributed by atoms with van der Waals surface area (Å²) in [5.74, 6) is 0.976. The third kappa shape index (κ3) is 2.36. The molecule has 15 heavy (non-hydrogen) atoms. The molecule has 0 heterocycles. The molecule has 0 aliphatic carbocycles. The molecule has 2 N–H and O–H groups in total. The molecule has 1 nitrogen and oxygen atoms in total. The Morgan fingerprint density at radius 1 is 1.13 bits per heavy atom. The molecule has 0 unspecified atom stereocenters. The van der Waals surface area contributed by atoms with Crippen LogP contribution < -0.4 is 5.73 Å². The number of hydrogen-bond acceptors (Lipinski definition) is 1. The summed E-state index contributed by atoms with van der Waals surface area (Å²) in [6.07, 6.45) is 0. The topological polar surface area (TPSA) is 26.0 Å². The summed E-state index contributed by atoms with van der Waals surface area (Å²) in [5, 5.41) is 0. The summed E-state index contributed by atoms with van der Waals surface area (Å²) >= 11 is 3.68. The molecule has 1 aromatic rings. The fraction of sp³-hybridized carbons (Fsp3) is 0.538. The first kappa shape index (κ1) is 12.6. The van der Waals surface area contributed by atoms with Crippen molar-refractivity contribution < 1.29 is 0 Å². The van der Waals surface area contributed by atoms with Gasteiger partial charge in [0.1, 0.15) is 0 Å². The van der Waals surface area contributed by atoms with Gasteiger partial charge in [-0.2, -0.15) is 0 Å². The van der Waals surface area contributed by atoms with Crippen molar-refractivity contribution in [1.82, 2.24) is 0 Å². The highest BCUT2D eigenvalue weighted by molar-refractivity contribution is 9.10. The molecule has 0 atom stereocenters. The fourth-order valence-electron chi connectivity index (χ4n) is 2.05. The van der Waals surface area contributed by atoms with Crippen molar-refractivity contribution in [2.24, 2.45) is 0 Å². The van der Waals surface area contributed by atoms with E-state index in [9.17, 15) is 0 Å². The average Bonchev–Trinajstić information content (AvgIpc) is 2.10. The highest BCUT2D eigenvalue weighted by Crippen LogP contribution is 2.36. The maximum Gasteiger partial charge on any atom is 0.0355 e. The van der Waals surface area contributed by atoms with Gasteiger partial charge in [0, 0.05) is 10.2 Å². The molecule has 0 bridgehead atoms. The molecular weight excluding hydrogens is 250 g/mol. The summed E-state index contributed by atoms with van der Waals surface area (Å²) in [7, 11) is 0. The van der Waals surface area contributed by atoms with E-state index in [2.05, 4.69) is 56.6 Å². The summed E-state index contributed by atoms with van der Waals surface area (Å²) in [5.41, 5.74) is 10.9. The van der Waals surface area contributed by atoms with Gasteiger partial charge in [-0.3, -0.25) is 0 Å². The Balaban J connectivity index is 3.44. The summed E-state index contributed by atoms with van der Waals surface area (Å²) in [4.78, 5) is 0. The fourth-order valence-corrected chi connectivity index (χ4v) is 2.83. The Hall–Kier alpha value is -0.500. The van der Waals surface area contributed by atoms with E-state index in [4.69, 9.17) is 5.73 Å². The minimum atomic E-state index is 0.475.